The molecule has 1 aromatic rings. The summed E-state index contributed by atoms with van der Waals surface area (Å²) in [5.74, 6) is 0.789. The Bertz CT molecular complexity index is 660. The van der Waals surface area contributed by atoms with Crippen molar-refractivity contribution in [3.05, 3.63) is 16.9 Å². The summed E-state index contributed by atoms with van der Waals surface area (Å²) in [6.45, 7) is 8.45. The van der Waals surface area contributed by atoms with E-state index in [1.807, 2.05) is 16.7 Å². The lowest BCUT2D eigenvalue weighted by molar-refractivity contribution is -0.130. The third-order valence-electron chi connectivity index (χ3n) is 4.36. The van der Waals surface area contributed by atoms with Crippen LogP contribution in [-0.2, 0) is 9.59 Å². The van der Waals surface area contributed by atoms with Crippen molar-refractivity contribution in [3.8, 4) is 6.07 Å². The van der Waals surface area contributed by atoms with Crippen LogP contribution >= 0.6 is 0 Å². The first-order chi connectivity index (χ1) is 11.5. The van der Waals surface area contributed by atoms with Gasteiger partial charge in [-0.2, -0.15) is 5.26 Å². The van der Waals surface area contributed by atoms with Gasteiger partial charge in [-0.1, -0.05) is 6.92 Å². The Balaban J connectivity index is 1.92. The quantitative estimate of drug-likeness (QED) is 0.905. The predicted molar refractivity (Wildman–Crippen MR) is 89.5 cm³/mol. The molecule has 0 aromatic carbocycles. The Labute approximate surface area is 142 Å². The predicted octanol–water partition coefficient (Wildman–Crippen LogP) is 1.65. The van der Waals surface area contributed by atoms with Crippen LogP contribution < -0.4 is 5.32 Å². The lowest BCUT2D eigenvalue weighted by Crippen LogP contribution is -2.37. The van der Waals surface area contributed by atoms with Gasteiger partial charge in [0.25, 0.3) is 0 Å². The molecule has 0 spiro atoms. The van der Waals surface area contributed by atoms with E-state index in [4.69, 9.17) is 4.42 Å². The molecule has 0 radical (unpaired) electrons. The van der Waals surface area contributed by atoms with Crippen LogP contribution in [0.25, 0.3) is 0 Å². The molecule has 7 heteroatoms. The highest BCUT2D eigenvalue weighted by molar-refractivity contribution is 5.92. The van der Waals surface area contributed by atoms with Gasteiger partial charge in [-0.15, -0.1) is 0 Å². The summed E-state index contributed by atoms with van der Waals surface area (Å²) < 4.78 is 5.46. The molecule has 0 atom stereocenters. The standard InChI is InChI=1S/C17H24N4O3/c1-4-16(23)21-7-5-6-20(8-9-21)11-15(22)19-17-14(10-18)12(2)13(3)24-17/h4-9,11H2,1-3H3,(H,19,22). The van der Waals surface area contributed by atoms with Crippen molar-refractivity contribution < 1.29 is 14.0 Å². The minimum absolute atomic E-state index is 0.154. The van der Waals surface area contributed by atoms with Gasteiger partial charge in [0.05, 0.1) is 6.54 Å². The highest BCUT2D eigenvalue weighted by atomic mass is 16.4. The summed E-state index contributed by atoms with van der Waals surface area (Å²) in [4.78, 5) is 27.9. The number of anilines is 1. The largest absolute Gasteiger partial charge is 0.444 e. The second kappa shape index (κ2) is 7.97. The van der Waals surface area contributed by atoms with E-state index in [9.17, 15) is 14.9 Å². The molecule has 1 aliphatic heterocycles. The smallest absolute Gasteiger partial charge is 0.240 e. The highest BCUT2D eigenvalue weighted by Gasteiger charge is 2.21. The number of nitrogens with zero attached hydrogens (tertiary/aromatic N) is 3. The van der Waals surface area contributed by atoms with E-state index in [-0.39, 0.29) is 24.2 Å². The minimum atomic E-state index is -0.212. The maximum absolute atomic E-state index is 12.3. The summed E-state index contributed by atoms with van der Waals surface area (Å²) in [7, 11) is 0. The van der Waals surface area contributed by atoms with E-state index >= 15 is 0 Å². The average Bonchev–Trinajstić information content (AvgIpc) is 2.72. The second-order valence-corrected chi connectivity index (χ2v) is 6.01. The van der Waals surface area contributed by atoms with Crippen molar-refractivity contribution in [2.45, 2.75) is 33.6 Å². The average molecular weight is 332 g/mol. The number of carbonyl (C=O) groups is 2. The lowest BCUT2D eigenvalue weighted by Gasteiger charge is -2.21. The first kappa shape index (κ1) is 18.0. The number of nitriles is 1. The molecular formula is C17H24N4O3. The molecular weight excluding hydrogens is 308 g/mol. The molecule has 0 bridgehead atoms. The van der Waals surface area contributed by atoms with Crippen LogP contribution in [0, 0.1) is 25.2 Å². The van der Waals surface area contributed by atoms with Crippen LogP contribution in [-0.4, -0.2) is 54.3 Å². The van der Waals surface area contributed by atoms with E-state index in [1.165, 1.54) is 0 Å². The lowest BCUT2D eigenvalue weighted by atomic mass is 10.2. The van der Waals surface area contributed by atoms with Gasteiger partial charge in [0.1, 0.15) is 17.4 Å². The zero-order chi connectivity index (χ0) is 17.7. The minimum Gasteiger partial charge on any atom is -0.444 e. The van der Waals surface area contributed by atoms with Gasteiger partial charge in [-0.3, -0.25) is 19.8 Å². The van der Waals surface area contributed by atoms with Gasteiger partial charge in [-0.25, -0.2) is 0 Å². The van der Waals surface area contributed by atoms with Gasteiger partial charge < -0.3 is 9.32 Å². The van der Waals surface area contributed by atoms with E-state index in [1.54, 1.807) is 13.8 Å². The number of rotatable bonds is 4. The monoisotopic (exact) mass is 332 g/mol. The summed E-state index contributed by atoms with van der Waals surface area (Å²) in [5.41, 5.74) is 1.12. The van der Waals surface area contributed by atoms with Crippen molar-refractivity contribution in [1.82, 2.24) is 9.80 Å². The van der Waals surface area contributed by atoms with Crippen LogP contribution in [0.4, 0.5) is 5.88 Å². The topological polar surface area (TPSA) is 89.6 Å². The molecule has 130 valence electrons. The summed E-state index contributed by atoms with van der Waals surface area (Å²) in [6, 6.07) is 2.06. The number of carbonyl (C=O) groups excluding carboxylic acids is 2. The molecule has 0 aliphatic carbocycles. The fourth-order valence-corrected chi connectivity index (χ4v) is 2.82. The Kier molecular flexibility index (Phi) is 5.99. The van der Waals surface area contributed by atoms with Crippen LogP contribution in [0.3, 0.4) is 0 Å². The molecule has 1 aromatic heterocycles. The number of hydrogen-bond donors (Lipinski definition) is 1. The molecule has 0 unspecified atom stereocenters. The van der Waals surface area contributed by atoms with Crippen molar-refractivity contribution in [2.75, 3.05) is 38.0 Å². The van der Waals surface area contributed by atoms with E-state index < -0.39 is 0 Å². The van der Waals surface area contributed by atoms with E-state index in [2.05, 4.69) is 11.4 Å². The van der Waals surface area contributed by atoms with Crippen molar-refractivity contribution in [1.29, 1.82) is 5.26 Å². The Morgan fingerprint density at radius 1 is 1.25 bits per heavy atom. The van der Waals surface area contributed by atoms with Gasteiger partial charge in [-0.05, 0) is 20.3 Å². The van der Waals surface area contributed by atoms with Gasteiger partial charge in [0, 0.05) is 38.2 Å². The second-order valence-electron chi connectivity index (χ2n) is 6.01. The van der Waals surface area contributed by atoms with E-state index in [0.717, 1.165) is 25.1 Å². The van der Waals surface area contributed by atoms with Crippen LogP contribution in [0.2, 0.25) is 0 Å². The van der Waals surface area contributed by atoms with Crippen LogP contribution in [0.15, 0.2) is 4.42 Å². The highest BCUT2D eigenvalue weighted by Crippen LogP contribution is 2.25. The zero-order valence-corrected chi connectivity index (χ0v) is 14.5. The molecule has 2 amide bonds. The third kappa shape index (κ3) is 4.15. The number of furan rings is 1. The summed E-state index contributed by atoms with van der Waals surface area (Å²) in [6.07, 6.45) is 1.36. The molecule has 2 heterocycles. The maximum Gasteiger partial charge on any atom is 0.240 e. The fraction of sp³-hybridized carbons (Fsp3) is 0.588. The summed E-state index contributed by atoms with van der Waals surface area (Å²) >= 11 is 0. The molecule has 0 saturated carbocycles. The van der Waals surface area contributed by atoms with Crippen molar-refractivity contribution in [3.63, 3.8) is 0 Å². The molecule has 24 heavy (non-hydrogen) atoms. The third-order valence-corrected chi connectivity index (χ3v) is 4.36. The number of aryl methyl sites for hydroxylation is 1. The van der Waals surface area contributed by atoms with Crippen molar-refractivity contribution in [2.24, 2.45) is 0 Å². The van der Waals surface area contributed by atoms with Crippen molar-refractivity contribution >= 4 is 17.7 Å². The molecule has 2 rings (SSSR count). The van der Waals surface area contributed by atoms with Gasteiger partial charge >= 0.3 is 0 Å². The zero-order valence-electron chi connectivity index (χ0n) is 14.5. The molecule has 1 fully saturated rings. The Morgan fingerprint density at radius 3 is 2.67 bits per heavy atom. The summed E-state index contributed by atoms with van der Waals surface area (Å²) in [5, 5.41) is 11.9. The maximum atomic E-state index is 12.3. The number of amides is 2. The van der Waals surface area contributed by atoms with Crippen LogP contribution in [0.5, 0.6) is 0 Å². The molecule has 7 nitrogen and oxygen atoms in total. The van der Waals surface area contributed by atoms with Crippen LogP contribution in [0.1, 0.15) is 36.7 Å². The first-order valence-electron chi connectivity index (χ1n) is 8.26. The van der Waals surface area contributed by atoms with Gasteiger partial charge in [0.15, 0.2) is 0 Å². The number of nitrogens with one attached hydrogen (secondary N) is 1. The molecule has 1 aliphatic rings. The van der Waals surface area contributed by atoms with E-state index in [0.29, 0.717) is 30.8 Å². The Hall–Kier alpha value is -2.33. The molecule has 1 saturated heterocycles. The van der Waals surface area contributed by atoms with Gasteiger partial charge in [0.2, 0.25) is 17.7 Å². The first-order valence-corrected chi connectivity index (χ1v) is 8.26. The molecule has 1 N–H and O–H groups in total. The fourth-order valence-electron chi connectivity index (χ4n) is 2.82. The SMILES string of the molecule is CCC(=O)N1CCCN(CC(=O)Nc2oc(C)c(C)c2C#N)CC1. The normalized spacial score (nSPS) is 15.7. The number of hydrogen-bond acceptors (Lipinski definition) is 5. The Morgan fingerprint density at radius 2 is 2.00 bits per heavy atom.